The molecule has 0 unspecified atom stereocenters. The summed E-state index contributed by atoms with van der Waals surface area (Å²) < 4.78 is 34.9. The molecule has 0 radical (unpaired) electrons. The Labute approximate surface area is 169 Å². The van der Waals surface area contributed by atoms with Crippen LogP contribution in [0, 0.1) is 0 Å². The van der Waals surface area contributed by atoms with E-state index in [1.54, 1.807) is 36.4 Å². The first-order valence-electron chi connectivity index (χ1n) is 7.94. The molecule has 1 heterocycles. The van der Waals surface area contributed by atoms with Gasteiger partial charge in [0.15, 0.2) is 10.9 Å². The molecule has 0 spiro atoms. The van der Waals surface area contributed by atoms with E-state index in [-0.39, 0.29) is 22.3 Å². The standard InChI is InChI=1S/C19H13ClF2N2O3S/c20-12-5-3-4-11(10-12)14-8-9-16(26-14)17(25)24-19(28)23-13-6-1-2-7-15(13)27-18(21)22/h1-10,18H,(H2,23,24,25,28). The van der Waals surface area contributed by atoms with Crippen molar-refractivity contribution < 1.29 is 22.7 Å². The number of para-hydroxylation sites is 2. The highest BCUT2D eigenvalue weighted by Crippen LogP contribution is 2.26. The van der Waals surface area contributed by atoms with Crippen molar-refractivity contribution in [3.63, 3.8) is 0 Å². The third-order valence-corrected chi connectivity index (χ3v) is 3.96. The molecule has 2 N–H and O–H groups in total. The van der Waals surface area contributed by atoms with Crippen LogP contribution < -0.4 is 15.4 Å². The molecule has 28 heavy (non-hydrogen) atoms. The molecule has 1 amide bonds. The number of carbonyl (C=O) groups excluding carboxylic acids is 1. The number of alkyl halides is 2. The second kappa shape index (κ2) is 8.81. The maximum absolute atomic E-state index is 12.5. The van der Waals surface area contributed by atoms with Crippen LogP contribution >= 0.6 is 23.8 Å². The highest BCUT2D eigenvalue weighted by molar-refractivity contribution is 7.80. The summed E-state index contributed by atoms with van der Waals surface area (Å²) in [6.07, 6.45) is 0. The molecular weight excluding hydrogens is 410 g/mol. The van der Waals surface area contributed by atoms with Crippen LogP contribution in [-0.4, -0.2) is 17.6 Å². The fraction of sp³-hybridized carbons (Fsp3) is 0.0526. The molecule has 0 fully saturated rings. The number of halogens is 3. The second-order valence-electron chi connectivity index (χ2n) is 5.46. The molecule has 5 nitrogen and oxygen atoms in total. The van der Waals surface area contributed by atoms with Gasteiger partial charge in [0, 0.05) is 10.6 Å². The van der Waals surface area contributed by atoms with E-state index in [0.717, 1.165) is 0 Å². The summed E-state index contributed by atoms with van der Waals surface area (Å²) in [5.41, 5.74) is 0.900. The zero-order chi connectivity index (χ0) is 20.1. The average Bonchev–Trinajstić information content (AvgIpc) is 3.13. The minimum absolute atomic E-state index is 0.0243. The first kappa shape index (κ1) is 19.8. The van der Waals surface area contributed by atoms with Crippen LogP contribution in [0.3, 0.4) is 0 Å². The lowest BCUT2D eigenvalue weighted by Gasteiger charge is -2.13. The van der Waals surface area contributed by atoms with Gasteiger partial charge in [0.2, 0.25) is 0 Å². The van der Waals surface area contributed by atoms with Crippen LogP contribution in [0.5, 0.6) is 5.75 Å². The van der Waals surface area contributed by atoms with E-state index in [2.05, 4.69) is 15.4 Å². The van der Waals surface area contributed by atoms with Crippen LogP contribution in [-0.2, 0) is 0 Å². The van der Waals surface area contributed by atoms with Crippen molar-refractivity contribution in [1.29, 1.82) is 0 Å². The predicted octanol–water partition coefficient (Wildman–Crippen LogP) is 5.33. The van der Waals surface area contributed by atoms with Gasteiger partial charge >= 0.3 is 6.61 Å². The van der Waals surface area contributed by atoms with Gasteiger partial charge in [-0.3, -0.25) is 10.1 Å². The summed E-state index contributed by atoms with van der Waals surface area (Å²) in [5.74, 6) is -0.216. The summed E-state index contributed by atoms with van der Waals surface area (Å²) in [6.45, 7) is -2.99. The molecule has 9 heteroatoms. The normalized spacial score (nSPS) is 10.6. The van der Waals surface area contributed by atoms with E-state index in [0.29, 0.717) is 16.3 Å². The molecule has 0 saturated carbocycles. The number of carbonyl (C=O) groups is 1. The number of hydrogen-bond donors (Lipinski definition) is 2. The fourth-order valence-corrected chi connectivity index (χ4v) is 2.74. The summed E-state index contributed by atoms with van der Waals surface area (Å²) >= 11 is 11.0. The summed E-state index contributed by atoms with van der Waals surface area (Å²) in [4.78, 5) is 12.3. The van der Waals surface area contributed by atoms with E-state index < -0.39 is 12.5 Å². The van der Waals surface area contributed by atoms with Crippen LogP contribution in [0.15, 0.2) is 65.1 Å². The van der Waals surface area contributed by atoms with E-state index in [4.69, 9.17) is 28.2 Å². The van der Waals surface area contributed by atoms with E-state index in [1.165, 1.54) is 24.3 Å². The number of nitrogens with one attached hydrogen (secondary N) is 2. The van der Waals surface area contributed by atoms with Crippen LogP contribution in [0.1, 0.15) is 10.6 Å². The molecule has 3 aromatic rings. The smallest absolute Gasteiger partial charge is 0.387 e. The van der Waals surface area contributed by atoms with Crippen molar-refractivity contribution in [3.8, 4) is 17.1 Å². The Morgan fingerprint density at radius 2 is 1.89 bits per heavy atom. The van der Waals surface area contributed by atoms with Crippen molar-refractivity contribution in [1.82, 2.24) is 5.32 Å². The Balaban J connectivity index is 1.66. The maximum atomic E-state index is 12.5. The van der Waals surface area contributed by atoms with E-state index >= 15 is 0 Å². The van der Waals surface area contributed by atoms with Gasteiger partial charge in [0.05, 0.1) is 5.69 Å². The lowest BCUT2D eigenvalue weighted by Crippen LogP contribution is -2.34. The lowest BCUT2D eigenvalue weighted by atomic mass is 10.2. The van der Waals surface area contributed by atoms with Crippen molar-refractivity contribution in [2.24, 2.45) is 0 Å². The molecule has 3 rings (SSSR count). The quantitative estimate of drug-likeness (QED) is 0.544. The molecule has 1 aromatic heterocycles. The minimum atomic E-state index is -2.99. The average molecular weight is 423 g/mol. The molecule has 0 saturated heterocycles. The minimum Gasteiger partial charge on any atom is -0.451 e. The zero-order valence-electron chi connectivity index (χ0n) is 14.1. The Morgan fingerprint density at radius 1 is 1.11 bits per heavy atom. The summed E-state index contributed by atoms with van der Waals surface area (Å²) in [7, 11) is 0. The Hall–Kier alpha value is -2.97. The highest BCUT2D eigenvalue weighted by Gasteiger charge is 2.15. The van der Waals surface area contributed by atoms with Crippen molar-refractivity contribution >= 4 is 40.5 Å². The number of thiocarbonyl (C=S) groups is 1. The highest BCUT2D eigenvalue weighted by atomic mass is 35.5. The molecule has 0 aliphatic carbocycles. The summed E-state index contributed by atoms with van der Waals surface area (Å²) in [5, 5.41) is 5.50. The molecule has 144 valence electrons. The van der Waals surface area contributed by atoms with E-state index in [9.17, 15) is 13.6 Å². The van der Waals surface area contributed by atoms with Crippen LogP contribution in [0.4, 0.5) is 14.5 Å². The number of hydrogen-bond acceptors (Lipinski definition) is 4. The topological polar surface area (TPSA) is 63.5 Å². The van der Waals surface area contributed by atoms with Crippen molar-refractivity contribution in [2.45, 2.75) is 6.61 Å². The molecule has 0 bridgehead atoms. The number of amides is 1. The second-order valence-corrected chi connectivity index (χ2v) is 6.30. The van der Waals surface area contributed by atoms with Crippen molar-refractivity contribution in [2.75, 3.05) is 5.32 Å². The summed E-state index contributed by atoms with van der Waals surface area (Å²) in [6, 6.07) is 16.1. The monoisotopic (exact) mass is 422 g/mol. The van der Waals surface area contributed by atoms with Gasteiger partial charge in [-0.2, -0.15) is 8.78 Å². The molecule has 0 atom stereocenters. The third kappa shape index (κ3) is 5.05. The molecular formula is C19H13ClF2N2O3S. The van der Waals surface area contributed by atoms with Gasteiger partial charge in [0.1, 0.15) is 11.5 Å². The zero-order valence-corrected chi connectivity index (χ0v) is 15.7. The van der Waals surface area contributed by atoms with Gasteiger partial charge in [-0.25, -0.2) is 0 Å². The molecule has 0 aliphatic rings. The first-order chi connectivity index (χ1) is 13.4. The first-order valence-corrected chi connectivity index (χ1v) is 8.73. The fourth-order valence-electron chi connectivity index (χ4n) is 2.34. The van der Waals surface area contributed by atoms with E-state index in [1.807, 2.05) is 0 Å². The number of furan rings is 1. The van der Waals surface area contributed by atoms with Gasteiger partial charge < -0.3 is 14.5 Å². The van der Waals surface area contributed by atoms with Crippen molar-refractivity contribution in [3.05, 3.63) is 71.4 Å². The van der Waals surface area contributed by atoms with Crippen LogP contribution in [0.25, 0.3) is 11.3 Å². The SMILES string of the molecule is O=C(NC(=S)Nc1ccccc1OC(F)F)c1ccc(-c2cccc(Cl)c2)o1. The Bertz CT molecular complexity index is 1010. The maximum Gasteiger partial charge on any atom is 0.387 e. The Morgan fingerprint density at radius 3 is 2.64 bits per heavy atom. The van der Waals surface area contributed by atoms with Gasteiger partial charge in [-0.15, -0.1) is 0 Å². The molecule has 2 aromatic carbocycles. The Kier molecular flexibility index (Phi) is 6.23. The number of ether oxygens (including phenoxy) is 1. The predicted molar refractivity (Wildman–Crippen MR) is 106 cm³/mol. The van der Waals surface area contributed by atoms with Gasteiger partial charge in [-0.05, 0) is 48.6 Å². The number of rotatable bonds is 5. The largest absolute Gasteiger partial charge is 0.451 e. The number of anilines is 1. The third-order valence-electron chi connectivity index (χ3n) is 3.52. The molecule has 0 aliphatic heterocycles. The van der Waals surface area contributed by atoms with Gasteiger partial charge in [-0.1, -0.05) is 35.9 Å². The lowest BCUT2D eigenvalue weighted by molar-refractivity contribution is -0.0493. The number of benzene rings is 2. The van der Waals surface area contributed by atoms with Crippen LogP contribution in [0.2, 0.25) is 5.02 Å². The van der Waals surface area contributed by atoms with Gasteiger partial charge in [0.25, 0.3) is 5.91 Å².